The monoisotopic (exact) mass is 395 g/mol. The summed E-state index contributed by atoms with van der Waals surface area (Å²) in [5.41, 5.74) is 3.56. The first-order valence-corrected chi connectivity index (χ1v) is 9.62. The molecular weight excluding hydrogens is 370 g/mol. The molecule has 29 heavy (non-hydrogen) atoms. The van der Waals surface area contributed by atoms with E-state index in [9.17, 15) is 9.59 Å². The van der Waals surface area contributed by atoms with E-state index in [0.29, 0.717) is 18.0 Å². The van der Waals surface area contributed by atoms with Crippen LogP contribution in [0.25, 0.3) is 6.08 Å². The summed E-state index contributed by atoms with van der Waals surface area (Å²) in [6, 6.07) is 11.2. The Balaban J connectivity index is 1.58. The number of rotatable bonds is 7. The zero-order valence-corrected chi connectivity index (χ0v) is 16.9. The molecule has 1 aliphatic rings. The summed E-state index contributed by atoms with van der Waals surface area (Å²) in [5, 5.41) is 2.68. The number of benzene rings is 2. The van der Waals surface area contributed by atoms with Gasteiger partial charge in [-0.1, -0.05) is 17.7 Å². The third-order valence-electron chi connectivity index (χ3n) is 4.41. The number of ether oxygens (including phenoxy) is 3. The fourth-order valence-corrected chi connectivity index (χ4v) is 3.04. The summed E-state index contributed by atoms with van der Waals surface area (Å²) in [5.74, 6) is 0.475. The second-order valence-electron chi connectivity index (χ2n) is 6.92. The molecule has 2 aromatic rings. The lowest BCUT2D eigenvalue weighted by molar-refractivity contribution is -0.142. The molecule has 1 amide bonds. The summed E-state index contributed by atoms with van der Waals surface area (Å²) in [4.78, 5) is 23.9. The Hall–Kier alpha value is -3.28. The van der Waals surface area contributed by atoms with Gasteiger partial charge in [0, 0.05) is 29.3 Å². The van der Waals surface area contributed by atoms with Gasteiger partial charge in [0.1, 0.15) is 17.6 Å². The van der Waals surface area contributed by atoms with Gasteiger partial charge in [-0.15, -0.1) is 0 Å². The summed E-state index contributed by atoms with van der Waals surface area (Å²) >= 11 is 0. The molecular formula is C23H25NO5. The Morgan fingerprint density at radius 3 is 2.72 bits per heavy atom. The zero-order valence-electron chi connectivity index (χ0n) is 16.9. The number of esters is 1. The highest BCUT2D eigenvalue weighted by Crippen LogP contribution is 2.35. The molecule has 0 aromatic heterocycles. The Morgan fingerprint density at radius 2 is 2.00 bits per heavy atom. The van der Waals surface area contributed by atoms with E-state index in [1.165, 1.54) is 6.08 Å². The van der Waals surface area contributed by atoms with Gasteiger partial charge in [-0.05, 0) is 51.1 Å². The van der Waals surface area contributed by atoms with Gasteiger partial charge in [-0.3, -0.25) is 4.79 Å². The molecule has 3 rings (SSSR count). The second kappa shape index (κ2) is 9.28. The van der Waals surface area contributed by atoms with Crippen LogP contribution in [0.4, 0.5) is 5.69 Å². The van der Waals surface area contributed by atoms with Crippen molar-refractivity contribution in [2.75, 3.05) is 18.5 Å². The minimum Gasteiger partial charge on any atom is -0.493 e. The molecule has 2 aromatic carbocycles. The molecule has 1 atom stereocenters. The Labute approximate surface area is 170 Å². The van der Waals surface area contributed by atoms with E-state index in [0.717, 1.165) is 28.9 Å². The van der Waals surface area contributed by atoms with E-state index < -0.39 is 11.9 Å². The second-order valence-corrected chi connectivity index (χ2v) is 6.92. The molecule has 0 spiro atoms. The summed E-state index contributed by atoms with van der Waals surface area (Å²) < 4.78 is 16.5. The highest BCUT2D eigenvalue weighted by atomic mass is 16.5. The van der Waals surface area contributed by atoms with E-state index in [2.05, 4.69) is 5.32 Å². The lowest BCUT2D eigenvalue weighted by Gasteiger charge is -2.10. The van der Waals surface area contributed by atoms with Crippen molar-refractivity contribution in [3.8, 4) is 11.5 Å². The van der Waals surface area contributed by atoms with E-state index in [-0.39, 0.29) is 12.7 Å². The quantitative estimate of drug-likeness (QED) is 0.568. The summed E-state index contributed by atoms with van der Waals surface area (Å²) in [6.07, 6.45) is 3.84. The van der Waals surface area contributed by atoms with Crippen LogP contribution in [0.15, 0.2) is 42.5 Å². The first-order valence-electron chi connectivity index (χ1n) is 9.62. The maximum absolute atomic E-state index is 12.0. The van der Waals surface area contributed by atoms with Crippen molar-refractivity contribution in [1.82, 2.24) is 0 Å². The minimum atomic E-state index is -0.610. The number of carbonyl (C=O) groups is 2. The highest BCUT2D eigenvalue weighted by molar-refractivity contribution is 5.94. The average molecular weight is 395 g/mol. The normalized spacial score (nSPS) is 14.9. The number of carbonyl (C=O) groups excluding carboxylic acids is 2. The predicted molar refractivity (Wildman–Crippen MR) is 111 cm³/mol. The third kappa shape index (κ3) is 5.60. The molecule has 0 saturated carbocycles. The Kier molecular flexibility index (Phi) is 6.54. The lowest BCUT2D eigenvalue weighted by atomic mass is 10.1. The molecule has 0 radical (unpaired) electrons. The maximum Gasteiger partial charge on any atom is 0.331 e. The van der Waals surface area contributed by atoms with Gasteiger partial charge in [0.2, 0.25) is 0 Å². The van der Waals surface area contributed by atoms with Crippen LogP contribution < -0.4 is 14.8 Å². The molecule has 0 fully saturated rings. The molecule has 0 saturated heterocycles. The number of fused-ring (bicyclic) bond motifs is 1. The largest absolute Gasteiger partial charge is 0.493 e. The van der Waals surface area contributed by atoms with E-state index >= 15 is 0 Å². The smallest absolute Gasteiger partial charge is 0.331 e. The number of hydrogen-bond acceptors (Lipinski definition) is 5. The molecule has 0 unspecified atom stereocenters. The van der Waals surface area contributed by atoms with Gasteiger partial charge in [0.05, 0.1) is 6.61 Å². The number of aryl methyl sites for hydroxylation is 1. The number of hydrogen-bond donors (Lipinski definition) is 1. The van der Waals surface area contributed by atoms with Crippen LogP contribution >= 0.6 is 0 Å². The zero-order chi connectivity index (χ0) is 20.8. The molecule has 152 valence electrons. The molecule has 1 aliphatic heterocycles. The highest BCUT2D eigenvalue weighted by Gasteiger charge is 2.21. The molecule has 0 aliphatic carbocycles. The average Bonchev–Trinajstić information content (AvgIpc) is 3.05. The van der Waals surface area contributed by atoms with Crippen LogP contribution in [0, 0.1) is 6.92 Å². The fraction of sp³-hybridized carbons (Fsp3) is 0.304. The van der Waals surface area contributed by atoms with Gasteiger partial charge in [-0.2, -0.15) is 0 Å². The predicted octanol–water partition coefficient (Wildman–Crippen LogP) is 3.91. The van der Waals surface area contributed by atoms with E-state index in [1.807, 2.05) is 45.0 Å². The van der Waals surface area contributed by atoms with Crippen LogP contribution in [0.1, 0.15) is 30.5 Å². The lowest BCUT2D eigenvalue weighted by Crippen LogP contribution is -2.20. The Morgan fingerprint density at radius 1 is 1.24 bits per heavy atom. The van der Waals surface area contributed by atoms with Crippen molar-refractivity contribution in [2.45, 2.75) is 33.3 Å². The molecule has 6 nitrogen and oxygen atoms in total. The summed E-state index contributed by atoms with van der Waals surface area (Å²) in [6.45, 7) is 6.03. The molecule has 6 heteroatoms. The number of nitrogens with one attached hydrogen (secondary N) is 1. The first kappa shape index (κ1) is 20.5. The van der Waals surface area contributed by atoms with Crippen molar-refractivity contribution >= 4 is 23.6 Å². The van der Waals surface area contributed by atoms with Crippen molar-refractivity contribution < 1.29 is 23.8 Å². The van der Waals surface area contributed by atoms with Crippen LogP contribution in [-0.4, -0.2) is 31.2 Å². The topological polar surface area (TPSA) is 73.9 Å². The SMILES string of the molecule is CCOc1cc2c(cc1/C=C/C(=O)OCC(=O)Nc1ccc(C)cc1)O[C@H](C)C2. The van der Waals surface area contributed by atoms with Crippen LogP contribution in [0.5, 0.6) is 11.5 Å². The summed E-state index contributed by atoms with van der Waals surface area (Å²) in [7, 11) is 0. The van der Waals surface area contributed by atoms with Crippen molar-refractivity contribution in [3.63, 3.8) is 0 Å². The first-order chi connectivity index (χ1) is 13.9. The number of anilines is 1. The van der Waals surface area contributed by atoms with Gasteiger partial charge in [0.25, 0.3) is 5.91 Å². The van der Waals surface area contributed by atoms with E-state index in [1.54, 1.807) is 18.2 Å². The van der Waals surface area contributed by atoms with Gasteiger partial charge >= 0.3 is 5.97 Å². The Bertz CT molecular complexity index is 918. The molecule has 0 bridgehead atoms. The van der Waals surface area contributed by atoms with Crippen molar-refractivity contribution in [3.05, 3.63) is 59.2 Å². The van der Waals surface area contributed by atoms with Gasteiger partial charge in [-0.25, -0.2) is 4.79 Å². The fourth-order valence-electron chi connectivity index (χ4n) is 3.04. The molecule has 1 heterocycles. The minimum absolute atomic E-state index is 0.121. The van der Waals surface area contributed by atoms with Crippen LogP contribution in [0.3, 0.4) is 0 Å². The van der Waals surface area contributed by atoms with Crippen LogP contribution in [-0.2, 0) is 20.7 Å². The molecule has 1 N–H and O–H groups in total. The number of amides is 1. The van der Waals surface area contributed by atoms with Gasteiger partial charge < -0.3 is 19.5 Å². The van der Waals surface area contributed by atoms with Gasteiger partial charge in [0.15, 0.2) is 6.61 Å². The maximum atomic E-state index is 12.0. The third-order valence-corrected chi connectivity index (χ3v) is 4.41. The standard InChI is InChI=1S/C23H25NO5/c1-4-27-20-13-18-11-16(3)29-21(18)12-17(20)7-10-23(26)28-14-22(25)24-19-8-5-15(2)6-9-19/h5-10,12-13,16H,4,11,14H2,1-3H3,(H,24,25)/b10-7+/t16-/m1/s1. The van der Waals surface area contributed by atoms with Crippen LogP contribution in [0.2, 0.25) is 0 Å². The van der Waals surface area contributed by atoms with Crippen molar-refractivity contribution in [2.24, 2.45) is 0 Å². The van der Waals surface area contributed by atoms with Crippen molar-refractivity contribution in [1.29, 1.82) is 0 Å². The van der Waals surface area contributed by atoms with E-state index in [4.69, 9.17) is 14.2 Å².